The van der Waals surface area contributed by atoms with Crippen molar-refractivity contribution in [3.05, 3.63) is 29.1 Å². The summed E-state index contributed by atoms with van der Waals surface area (Å²) in [6.07, 6.45) is -2.63. The highest BCUT2D eigenvalue weighted by Crippen LogP contribution is 2.53. The number of carbonyl (C=O) groups is 2. The molecule has 204 valence electrons. The number of nitrogens with zero attached hydrogens (tertiary/aromatic N) is 3. The monoisotopic (exact) mass is 526 g/mol. The molecule has 0 aromatic carbocycles. The number of pyridine rings is 1. The van der Waals surface area contributed by atoms with Gasteiger partial charge in [-0.05, 0) is 43.7 Å². The average molecular weight is 527 g/mol. The molecule has 4 aliphatic rings. The van der Waals surface area contributed by atoms with Crippen LogP contribution in [0.3, 0.4) is 0 Å². The molecule has 9 nitrogen and oxygen atoms in total. The third-order valence-corrected chi connectivity index (χ3v) is 8.77. The Labute approximate surface area is 213 Å². The minimum absolute atomic E-state index is 0.0105. The van der Waals surface area contributed by atoms with E-state index >= 15 is 0 Å². The fourth-order valence-electron chi connectivity index (χ4n) is 6.90. The van der Waals surface area contributed by atoms with Gasteiger partial charge in [0.2, 0.25) is 5.91 Å². The summed E-state index contributed by atoms with van der Waals surface area (Å²) >= 11 is 0. The zero-order valence-corrected chi connectivity index (χ0v) is 21.0. The number of hydrogen-bond acceptors (Lipinski definition) is 6. The Bertz CT molecular complexity index is 1060. The molecule has 3 fully saturated rings. The molecule has 1 aromatic heterocycles. The minimum atomic E-state index is -4.52. The lowest BCUT2D eigenvalue weighted by Gasteiger charge is -2.37. The zero-order chi connectivity index (χ0) is 26.5. The van der Waals surface area contributed by atoms with Gasteiger partial charge < -0.3 is 29.7 Å². The first kappa shape index (κ1) is 26.2. The van der Waals surface area contributed by atoms with Crippen LogP contribution in [0.2, 0.25) is 0 Å². The molecule has 4 heterocycles. The molecule has 6 atom stereocenters. The number of hydrogen-bond donors (Lipinski definition) is 2. The van der Waals surface area contributed by atoms with E-state index in [4.69, 9.17) is 9.47 Å². The maximum atomic E-state index is 14.2. The van der Waals surface area contributed by atoms with Crippen molar-refractivity contribution in [3.8, 4) is 0 Å². The summed E-state index contributed by atoms with van der Waals surface area (Å²) in [6, 6.07) is 0.780. The molecule has 2 saturated heterocycles. The first-order chi connectivity index (χ1) is 17.5. The lowest BCUT2D eigenvalue weighted by atomic mass is 9.76. The van der Waals surface area contributed by atoms with E-state index in [1.165, 1.54) is 4.90 Å². The molecular weight excluding hydrogens is 493 g/mol. The van der Waals surface area contributed by atoms with Crippen molar-refractivity contribution in [1.29, 1.82) is 0 Å². The first-order valence-corrected chi connectivity index (χ1v) is 12.7. The number of alkyl halides is 3. The van der Waals surface area contributed by atoms with Gasteiger partial charge in [0.15, 0.2) is 0 Å². The van der Waals surface area contributed by atoms with Crippen molar-refractivity contribution >= 4 is 12.0 Å². The molecule has 1 unspecified atom stereocenters. The van der Waals surface area contributed by atoms with Gasteiger partial charge in [-0.25, -0.2) is 4.79 Å². The van der Waals surface area contributed by atoms with Crippen molar-refractivity contribution in [2.24, 2.45) is 11.3 Å². The molecular formula is C25H33F3N4O5. The van der Waals surface area contributed by atoms with E-state index in [9.17, 15) is 27.9 Å². The van der Waals surface area contributed by atoms with Crippen molar-refractivity contribution in [3.63, 3.8) is 0 Å². The molecule has 2 amide bonds. The molecule has 12 heteroatoms. The highest BCUT2D eigenvalue weighted by molar-refractivity contribution is 5.86. The van der Waals surface area contributed by atoms with Crippen LogP contribution in [0.1, 0.15) is 43.0 Å². The van der Waals surface area contributed by atoms with Crippen LogP contribution in [0.4, 0.5) is 18.0 Å². The Balaban J connectivity index is 1.39. The van der Waals surface area contributed by atoms with Crippen LogP contribution in [0.5, 0.6) is 0 Å². The Morgan fingerprint density at radius 3 is 2.84 bits per heavy atom. The van der Waals surface area contributed by atoms with E-state index in [1.54, 1.807) is 12.0 Å². The molecule has 1 aromatic rings. The Morgan fingerprint density at radius 2 is 2.14 bits per heavy atom. The van der Waals surface area contributed by atoms with Crippen LogP contribution >= 0.6 is 0 Å². The van der Waals surface area contributed by atoms with Crippen LogP contribution in [0, 0.1) is 11.3 Å². The number of fused-ring (bicyclic) bond motifs is 2. The molecule has 2 N–H and O–H groups in total. The minimum Gasteiger partial charge on any atom is -0.465 e. The van der Waals surface area contributed by atoms with Gasteiger partial charge in [-0.15, -0.1) is 0 Å². The average Bonchev–Trinajstić information content (AvgIpc) is 3.37. The number of methoxy groups -OCH3 is 1. The maximum Gasteiger partial charge on any atom is 0.417 e. The number of nitrogens with one attached hydrogen (secondary N) is 1. The summed E-state index contributed by atoms with van der Waals surface area (Å²) in [7, 11) is 1.64. The van der Waals surface area contributed by atoms with Gasteiger partial charge in [0.1, 0.15) is 0 Å². The quantitative estimate of drug-likeness (QED) is 0.622. The number of ether oxygens (including phenoxy) is 2. The Hall–Kier alpha value is -2.44. The maximum absolute atomic E-state index is 14.2. The number of likely N-dealkylation sites (tertiary alicyclic amines) is 1. The highest BCUT2D eigenvalue weighted by Gasteiger charge is 2.62. The van der Waals surface area contributed by atoms with E-state index in [2.05, 4.69) is 10.3 Å². The van der Waals surface area contributed by atoms with E-state index in [0.29, 0.717) is 50.3 Å². The predicted molar refractivity (Wildman–Crippen MR) is 125 cm³/mol. The van der Waals surface area contributed by atoms with E-state index in [1.807, 2.05) is 6.92 Å². The summed E-state index contributed by atoms with van der Waals surface area (Å²) in [6.45, 7) is 3.39. The van der Waals surface area contributed by atoms with Gasteiger partial charge in [0, 0.05) is 69.8 Å². The van der Waals surface area contributed by atoms with Crippen LogP contribution in [0.25, 0.3) is 0 Å². The van der Waals surface area contributed by atoms with Gasteiger partial charge in [-0.3, -0.25) is 9.78 Å². The van der Waals surface area contributed by atoms with Gasteiger partial charge in [0.05, 0.1) is 23.7 Å². The molecule has 3 aliphatic heterocycles. The lowest BCUT2D eigenvalue weighted by Crippen LogP contribution is -2.52. The molecule has 0 radical (unpaired) electrons. The van der Waals surface area contributed by atoms with Crippen LogP contribution in [-0.4, -0.2) is 89.5 Å². The number of aromatic nitrogens is 1. The normalized spacial score (nSPS) is 33.8. The third-order valence-electron chi connectivity index (χ3n) is 8.77. The second kappa shape index (κ2) is 9.70. The molecule has 0 spiro atoms. The number of carbonyl (C=O) groups excluding carboxylic acids is 1. The summed E-state index contributed by atoms with van der Waals surface area (Å²) in [5, 5.41) is 13.5. The molecule has 1 aliphatic carbocycles. The number of halogens is 3. The van der Waals surface area contributed by atoms with Crippen LogP contribution < -0.4 is 5.32 Å². The predicted octanol–water partition coefficient (Wildman–Crippen LogP) is 2.53. The fourth-order valence-corrected chi connectivity index (χ4v) is 6.90. The molecule has 37 heavy (non-hydrogen) atoms. The van der Waals surface area contributed by atoms with E-state index < -0.39 is 23.2 Å². The standard InChI is InChI=1S/C25H33F3N4O5/c1-14-18-8-17(30-20-4-6-37-12-21(20)36-2)9-24(18,13-32(14)23(34)35)22(33)31-5-3-19-15(11-31)7-16(10-29-19)25(26,27)28/h7,10,14,17-18,20-21,30H,3-6,8-9,11-13H2,1-2H3,(H,34,35)/t14?,17-,18+,20+,21-,24+/m1/s1. The summed E-state index contributed by atoms with van der Waals surface area (Å²) in [4.78, 5) is 33.1. The molecule has 1 saturated carbocycles. The van der Waals surface area contributed by atoms with Crippen molar-refractivity contribution in [2.75, 3.05) is 33.4 Å². The molecule has 0 bridgehead atoms. The first-order valence-electron chi connectivity index (χ1n) is 12.7. The SMILES string of the molecule is CO[C@@H]1COCC[C@@H]1N[C@@H]1C[C@H]2C(C)N(C(=O)O)C[C@@]2(C(=O)N2CCc3ncc(C(F)(F)F)cc3C2)C1. The number of amides is 2. The van der Waals surface area contributed by atoms with E-state index in [0.717, 1.165) is 18.7 Å². The van der Waals surface area contributed by atoms with Gasteiger partial charge in [-0.1, -0.05) is 0 Å². The van der Waals surface area contributed by atoms with Gasteiger partial charge >= 0.3 is 12.3 Å². The highest BCUT2D eigenvalue weighted by atomic mass is 19.4. The van der Waals surface area contributed by atoms with Crippen molar-refractivity contribution in [2.45, 2.75) is 69.6 Å². The smallest absolute Gasteiger partial charge is 0.417 e. The number of carboxylic acid groups (broad SMARTS) is 1. The zero-order valence-electron chi connectivity index (χ0n) is 21.0. The second-order valence-electron chi connectivity index (χ2n) is 10.8. The van der Waals surface area contributed by atoms with Crippen LogP contribution in [-0.2, 0) is 33.4 Å². The third kappa shape index (κ3) is 4.67. The largest absolute Gasteiger partial charge is 0.465 e. The Morgan fingerprint density at radius 1 is 1.35 bits per heavy atom. The van der Waals surface area contributed by atoms with Crippen molar-refractivity contribution < 1.29 is 37.3 Å². The lowest BCUT2D eigenvalue weighted by molar-refractivity contribution is -0.144. The van der Waals surface area contributed by atoms with Gasteiger partial charge in [0.25, 0.3) is 0 Å². The van der Waals surface area contributed by atoms with E-state index in [-0.39, 0.29) is 49.1 Å². The number of rotatable bonds is 4. The second-order valence-corrected chi connectivity index (χ2v) is 10.8. The van der Waals surface area contributed by atoms with Crippen LogP contribution in [0.15, 0.2) is 12.3 Å². The van der Waals surface area contributed by atoms with Crippen molar-refractivity contribution in [1.82, 2.24) is 20.1 Å². The summed E-state index contributed by atoms with van der Waals surface area (Å²) in [5.41, 5.74) is -0.816. The summed E-state index contributed by atoms with van der Waals surface area (Å²) < 4.78 is 50.9. The topological polar surface area (TPSA) is 104 Å². The fraction of sp³-hybridized carbons (Fsp3) is 0.720. The summed E-state index contributed by atoms with van der Waals surface area (Å²) in [5.74, 6) is -0.383. The molecule has 5 rings (SSSR count). The Kier molecular flexibility index (Phi) is 6.86. The van der Waals surface area contributed by atoms with Gasteiger partial charge in [-0.2, -0.15) is 13.2 Å².